The van der Waals surface area contributed by atoms with Gasteiger partial charge in [0.2, 0.25) is 5.91 Å². The molecule has 0 spiro atoms. The lowest BCUT2D eigenvalue weighted by molar-refractivity contribution is -0.127. The summed E-state index contributed by atoms with van der Waals surface area (Å²) in [4.78, 5) is 18.3. The predicted octanol–water partition coefficient (Wildman–Crippen LogP) is 4.66. The molecule has 0 radical (unpaired) electrons. The molecule has 7 heteroatoms. The Hall–Kier alpha value is -4.13. The maximum absolute atomic E-state index is 12.2. The third-order valence-corrected chi connectivity index (χ3v) is 6.08. The molecule has 4 aromatic rings. The quantitative estimate of drug-likeness (QED) is 0.457. The summed E-state index contributed by atoms with van der Waals surface area (Å²) in [5, 5.41) is 4.50. The van der Waals surface area contributed by atoms with E-state index in [0.717, 1.165) is 53.2 Å². The van der Waals surface area contributed by atoms with Crippen LogP contribution in [0.4, 0.5) is 5.82 Å². The lowest BCUT2D eigenvalue weighted by Gasteiger charge is -2.31. The van der Waals surface area contributed by atoms with Crippen LogP contribution in [0.25, 0.3) is 16.6 Å². The van der Waals surface area contributed by atoms with Crippen molar-refractivity contribution in [2.24, 2.45) is 0 Å². The maximum atomic E-state index is 12.2. The van der Waals surface area contributed by atoms with E-state index in [1.165, 1.54) is 12.4 Å². The second-order valence-corrected chi connectivity index (χ2v) is 8.16. The molecule has 2 aromatic carbocycles. The molecule has 1 atom stereocenters. The Morgan fingerprint density at radius 1 is 1.12 bits per heavy atom. The summed E-state index contributed by atoms with van der Waals surface area (Å²) in [5.74, 6) is 2.08. The van der Waals surface area contributed by atoms with Gasteiger partial charge in [0.25, 0.3) is 0 Å². The van der Waals surface area contributed by atoms with Crippen LogP contribution < -0.4 is 10.5 Å². The fourth-order valence-electron chi connectivity index (χ4n) is 4.48. The van der Waals surface area contributed by atoms with Gasteiger partial charge < -0.3 is 15.4 Å². The number of rotatable bonds is 5. The van der Waals surface area contributed by atoms with Crippen LogP contribution in [0, 0.1) is 0 Å². The number of anilines is 1. The molecular weight excluding hydrogens is 414 g/mol. The largest absolute Gasteiger partial charge is 0.457 e. The fourth-order valence-corrected chi connectivity index (χ4v) is 4.48. The highest BCUT2D eigenvalue weighted by Crippen LogP contribution is 2.36. The molecule has 1 fully saturated rings. The summed E-state index contributed by atoms with van der Waals surface area (Å²) >= 11 is 0. The van der Waals surface area contributed by atoms with Crippen molar-refractivity contribution < 1.29 is 9.53 Å². The van der Waals surface area contributed by atoms with E-state index in [4.69, 9.17) is 10.5 Å². The first-order chi connectivity index (χ1) is 16.1. The Labute approximate surface area is 192 Å². The van der Waals surface area contributed by atoms with Gasteiger partial charge in [-0.3, -0.25) is 4.79 Å². The molecule has 33 heavy (non-hydrogen) atoms. The van der Waals surface area contributed by atoms with Crippen LogP contribution >= 0.6 is 0 Å². The number of benzene rings is 2. The maximum Gasteiger partial charge on any atom is 0.245 e. The molecule has 2 aromatic heterocycles. The van der Waals surface area contributed by atoms with Crippen molar-refractivity contribution in [2.45, 2.75) is 18.8 Å². The normalized spacial score (nSPS) is 16.0. The zero-order valence-electron chi connectivity index (χ0n) is 18.2. The molecule has 0 aliphatic carbocycles. The Morgan fingerprint density at radius 2 is 1.88 bits per heavy atom. The van der Waals surface area contributed by atoms with E-state index in [1.54, 1.807) is 0 Å². The van der Waals surface area contributed by atoms with Crippen LogP contribution in [0.1, 0.15) is 24.5 Å². The monoisotopic (exact) mass is 439 g/mol. The molecule has 1 saturated heterocycles. The number of aromatic nitrogens is 3. The number of ether oxygens (including phenoxy) is 1. The number of piperidine rings is 1. The number of hydrogen-bond donors (Lipinski definition) is 1. The van der Waals surface area contributed by atoms with Gasteiger partial charge in [0.1, 0.15) is 23.3 Å². The van der Waals surface area contributed by atoms with Gasteiger partial charge in [-0.25, -0.2) is 9.50 Å². The SMILES string of the molecule is C=CC(=O)N1CCC[C@H](c2cc(-c3ccc(Oc4ccccc4)cc3)c3c(N)ncnn23)C1. The second kappa shape index (κ2) is 8.78. The van der Waals surface area contributed by atoms with E-state index in [9.17, 15) is 4.79 Å². The average molecular weight is 440 g/mol. The summed E-state index contributed by atoms with van der Waals surface area (Å²) in [7, 11) is 0. The highest BCUT2D eigenvalue weighted by molar-refractivity contribution is 5.89. The van der Waals surface area contributed by atoms with Crippen LogP contribution in [0.5, 0.6) is 11.5 Å². The van der Waals surface area contributed by atoms with Gasteiger partial charge in [-0.05, 0) is 54.8 Å². The topological polar surface area (TPSA) is 85.8 Å². The Bertz CT molecular complexity index is 1300. The minimum absolute atomic E-state index is 0.0380. The minimum Gasteiger partial charge on any atom is -0.457 e. The Kier molecular flexibility index (Phi) is 5.52. The summed E-state index contributed by atoms with van der Waals surface area (Å²) in [6, 6.07) is 19.7. The van der Waals surface area contributed by atoms with E-state index in [1.807, 2.05) is 64.0 Å². The zero-order chi connectivity index (χ0) is 22.8. The highest BCUT2D eigenvalue weighted by Gasteiger charge is 2.27. The summed E-state index contributed by atoms with van der Waals surface area (Å²) in [6.45, 7) is 5.01. The van der Waals surface area contributed by atoms with Crippen molar-refractivity contribution in [3.05, 3.63) is 85.3 Å². The summed E-state index contributed by atoms with van der Waals surface area (Å²) in [6.07, 6.45) is 4.75. The molecular formula is C26H25N5O2. The number of hydrogen-bond acceptors (Lipinski definition) is 5. The Morgan fingerprint density at radius 3 is 2.64 bits per heavy atom. The van der Waals surface area contributed by atoms with Crippen molar-refractivity contribution in [3.63, 3.8) is 0 Å². The van der Waals surface area contributed by atoms with Gasteiger partial charge in [-0.2, -0.15) is 5.10 Å². The standard InChI is InChI=1S/C26H25N5O2/c1-2-24(32)30-14-6-7-19(16-30)23-15-22(25-26(27)28-17-29-31(23)25)18-10-12-21(13-11-18)33-20-8-4-3-5-9-20/h2-5,8-13,15,17,19H,1,6-7,14,16H2,(H2,27,28,29)/t19-/m0/s1. The fraction of sp³-hybridized carbons (Fsp3) is 0.192. The zero-order valence-corrected chi connectivity index (χ0v) is 18.2. The van der Waals surface area contributed by atoms with Crippen molar-refractivity contribution in [2.75, 3.05) is 18.8 Å². The number of carbonyl (C=O) groups excluding carboxylic acids is 1. The van der Waals surface area contributed by atoms with Crippen LogP contribution in [0.2, 0.25) is 0 Å². The van der Waals surface area contributed by atoms with Crippen LogP contribution in [-0.4, -0.2) is 38.5 Å². The number of nitrogens with zero attached hydrogens (tertiary/aromatic N) is 4. The van der Waals surface area contributed by atoms with Gasteiger partial charge >= 0.3 is 0 Å². The van der Waals surface area contributed by atoms with E-state index in [2.05, 4.69) is 22.7 Å². The summed E-state index contributed by atoms with van der Waals surface area (Å²) < 4.78 is 7.80. The Balaban J connectivity index is 1.50. The molecule has 5 rings (SSSR count). The third kappa shape index (κ3) is 4.05. The molecule has 0 saturated carbocycles. The smallest absolute Gasteiger partial charge is 0.245 e. The highest BCUT2D eigenvalue weighted by atomic mass is 16.5. The van der Waals surface area contributed by atoms with Crippen molar-refractivity contribution in [1.82, 2.24) is 19.5 Å². The minimum atomic E-state index is -0.0380. The molecule has 0 bridgehead atoms. The third-order valence-electron chi connectivity index (χ3n) is 6.08. The number of fused-ring (bicyclic) bond motifs is 1. The molecule has 0 unspecified atom stereocenters. The first kappa shape index (κ1) is 20.8. The lowest BCUT2D eigenvalue weighted by atomic mass is 9.94. The van der Waals surface area contributed by atoms with E-state index < -0.39 is 0 Å². The van der Waals surface area contributed by atoms with Gasteiger partial charge in [0, 0.05) is 30.3 Å². The molecule has 3 heterocycles. The average Bonchev–Trinajstić information content (AvgIpc) is 3.26. The first-order valence-electron chi connectivity index (χ1n) is 11.0. The molecule has 2 N–H and O–H groups in total. The first-order valence-corrected chi connectivity index (χ1v) is 11.0. The number of nitrogens with two attached hydrogens (primary N) is 1. The summed E-state index contributed by atoms with van der Waals surface area (Å²) in [5.41, 5.74) is 10.0. The number of carbonyl (C=O) groups is 1. The van der Waals surface area contributed by atoms with Gasteiger partial charge in [-0.15, -0.1) is 0 Å². The lowest BCUT2D eigenvalue weighted by Crippen LogP contribution is -2.38. The van der Waals surface area contributed by atoms with Gasteiger partial charge in [0.15, 0.2) is 5.82 Å². The molecule has 166 valence electrons. The molecule has 1 aliphatic rings. The number of amides is 1. The predicted molar refractivity (Wildman–Crippen MR) is 128 cm³/mol. The number of likely N-dealkylation sites (tertiary alicyclic amines) is 1. The second-order valence-electron chi connectivity index (χ2n) is 8.16. The van der Waals surface area contributed by atoms with Crippen molar-refractivity contribution in [1.29, 1.82) is 0 Å². The van der Waals surface area contributed by atoms with E-state index in [-0.39, 0.29) is 11.8 Å². The van der Waals surface area contributed by atoms with Crippen LogP contribution in [-0.2, 0) is 4.79 Å². The van der Waals surface area contributed by atoms with Crippen molar-refractivity contribution in [3.8, 4) is 22.6 Å². The van der Waals surface area contributed by atoms with E-state index in [0.29, 0.717) is 12.4 Å². The molecule has 1 aliphatic heterocycles. The molecule has 1 amide bonds. The molecule has 7 nitrogen and oxygen atoms in total. The van der Waals surface area contributed by atoms with Crippen LogP contribution in [0.15, 0.2) is 79.6 Å². The number of para-hydroxylation sites is 1. The van der Waals surface area contributed by atoms with Crippen molar-refractivity contribution >= 4 is 17.2 Å². The van der Waals surface area contributed by atoms with Gasteiger partial charge in [-0.1, -0.05) is 36.9 Å². The van der Waals surface area contributed by atoms with Gasteiger partial charge in [0.05, 0.1) is 0 Å². The van der Waals surface area contributed by atoms with E-state index >= 15 is 0 Å². The van der Waals surface area contributed by atoms with Crippen LogP contribution in [0.3, 0.4) is 0 Å². The number of nitrogen functional groups attached to an aromatic ring is 1.